The van der Waals surface area contributed by atoms with Gasteiger partial charge in [-0.2, -0.15) is 18.4 Å². The van der Waals surface area contributed by atoms with E-state index in [1.54, 1.807) is 0 Å². The lowest BCUT2D eigenvalue weighted by Crippen LogP contribution is -2.19. The summed E-state index contributed by atoms with van der Waals surface area (Å²) in [5.41, 5.74) is 0.925. The number of nitrogens with one attached hydrogen (secondary N) is 1. The van der Waals surface area contributed by atoms with Crippen LogP contribution in [0.2, 0.25) is 0 Å². The number of nitriles is 1. The number of ether oxygens (including phenoxy) is 1. The van der Waals surface area contributed by atoms with Gasteiger partial charge in [0.2, 0.25) is 5.88 Å². The normalized spacial score (nSPS) is 10.8. The number of hydrogen-bond acceptors (Lipinski definition) is 6. The largest absolute Gasteiger partial charge is 0.468 e. The average Bonchev–Trinajstić information content (AvgIpc) is 2.58. The summed E-state index contributed by atoms with van der Waals surface area (Å²) < 4.78 is 40.6. The second kappa shape index (κ2) is 7.48. The van der Waals surface area contributed by atoms with Crippen LogP contribution in [0.15, 0.2) is 36.5 Å². The lowest BCUT2D eigenvalue weighted by Gasteiger charge is -2.10. The van der Waals surface area contributed by atoms with E-state index in [2.05, 4.69) is 15.0 Å². The summed E-state index contributed by atoms with van der Waals surface area (Å²) in [6.45, 7) is -1.20. The molecule has 130 valence electrons. The Labute approximate surface area is 139 Å². The first-order valence-electron chi connectivity index (χ1n) is 6.85. The van der Waals surface area contributed by atoms with Crippen LogP contribution in [0, 0.1) is 21.4 Å². The fraction of sp³-hybridized carbons (Fsp3) is 0.200. The molecule has 10 heteroatoms. The van der Waals surface area contributed by atoms with E-state index >= 15 is 0 Å². The predicted octanol–water partition coefficient (Wildman–Crippen LogP) is 3.41. The SMILES string of the molecule is N#Cc1cc([N+](=O)[O-])ccc1NCc1ccc(OCC(F)(F)F)nc1. The molecule has 0 saturated carbocycles. The van der Waals surface area contributed by atoms with Crippen LogP contribution in [0.5, 0.6) is 5.88 Å². The quantitative estimate of drug-likeness (QED) is 0.631. The minimum Gasteiger partial charge on any atom is -0.468 e. The molecule has 0 fully saturated rings. The Morgan fingerprint density at radius 1 is 1.32 bits per heavy atom. The first kappa shape index (κ1) is 18.0. The molecule has 0 bridgehead atoms. The molecule has 1 heterocycles. The summed E-state index contributed by atoms with van der Waals surface area (Å²) in [4.78, 5) is 13.8. The molecule has 0 unspecified atom stereocenters. The predicted molar refractivity (Wildman–Crippen MR) is 80.9 cm³/mol. The number of pyridine rings is 1. The molecule has 0 saturated heterocycles. The van der Waals surface area contributed by atoms with Crippen molar-refractivity contribution >= 4 is 11.4 Å². The Morgan fingerprint density at radius 2 is 2.08 bits per heavy atom. The van der Waals surface area contributed by atoms with Crippen molar-refractivity contribution < 1.29 is 22.8 Å². The molecule has 1 aromatic carbocycles. The molecule has 25 heavy (non-hydrogen) atoms. The van der Waals surface area contributed by atoms with E-state index in [9.17, 15) is 23.3 Å². The van der Waals surface area contributed by atoms with Crippen molar-refractivity contribution in [3.8, 4) is 11.9 Å². The number of benzene rings is 1. The topological polar surface area (TPSA) is 101 Å². The monoisotopic (exact) mass is 352 g/mol. The Bertz CT molecular complexity index is 801. The zero-order valence-electron chi connectivity index (χ0n) is 12.6. The molecule has 0 atom stereocenters. The highest BCUT2D eigenvalue weighted by Crippen LogP contribution is 2.22. The van der Waals surface area contributed by atoms with Gasteiger partial charge in [0.1, 0.15) is 6.07 Å². The zero-order valence-corrected chi connectivity index (χ0v) is 12.6. The highest BCUT2D eigenvalue weighted by atomic mass is 19.4. The molecule has 1 N–H and O–H groups in total. The summed E-state index contributed by atoms with van der Waals surface area (Å²) in [7, 11) is 0. The van der Waals surface area contributed by atoms with Gasteiger partial charge in [-0.3, -0.25) is 10.1 Å². The Morgan fingerprint density at radius 3 is 2.64 bits per heavy atom. The van der Waals surface area contributed by atoms with Gasteiger partial charge in [-0.05, 0) is 11.6 Å². The van der Waals surface area contributed by atoms with Crippen molar-refractivity contribution in [2.45, 2.75) is 12.7 Å². The number of nitro benzene ring substituents is 1. The molecular formula is C15H11F3N4O3. The summed E-state index contributed by atoms with van der Waals surface area (Å²) in [5.74, 6) is -0.158. The fourth-order valence-corrected chi connectivity index (χ4v) is 1.85. The van der Waals surface area contributed by atoms with Crippen molar-refractivity contribution in [1.82, 2.24) is 4.98 Å². The lowest BCUT2D eigenvalue weighted by atomic mass is 10.1. The smallest absolute Gasteiger partial charge is 0.422 e. The van der Waals surface area contributed by atoms with Crippen LogP contribution in [0.4, 0.5) is 24.5 Å². The van der Waals surface area contributed by atoms with E-state index in [1.165, 1.54) is 30.5 Å². The number of hydrogen-bond donors (Lipinski definition) is 1. The maximum atomic E-state index is 12.0. The number of aromatic nitrogens is 1. The van der Waals surface area contributed by atoms with E-state index in [4.69, 9.17) is 5.26 Å². The van der Waals surface area contributed by atoms with Gasteiger partial charge in [0.25, 0.3) is 5.69 Å². The fourth-order valence-electron chi connectivity index (χ4n) is 1.85. The van der Waals surface area contributed by atoms with Crippen molar-refractivity contribution in [2.75, 3.05) is 11.9 Å². The second-order valence-electron chi connectivity index (χ2n) is 4.86. The van der Waals surface area contributed by atoms with Gasteiger partial charge in [0.15, 0.2) is 6.61 Å². The van der Waals surface area contributed by atoms with Crippen LogP contribution in [-0.4, -0.2) is 22.7 Å². The number of non-ortho nitro benzene ring substituents is 1. The number of nitrogens with zero attached hydrogens (tertiary/aromatic N) is 3. The first-order valence-corrected chi connectivity index (χ1v) is 6.85. The van der Waals surface area contributed by atoms with Gasteiger partial charge in [-0.15, -0.1) is 0 Å². The summed E-state index contributed by atoms with van der Waals surface area (Å²) >= 11 is 0. The van der Waals surface area contributed by atoms with Crippen LogP contribution in [0.25, 0.3) is 0 Å². The third-order valence-electron chi connectivity index (χ3n) is 3.00. The van der Waals surface area contributed by atoms with Crippen molar-refractivity contribution in [3.63, 3.8) is 0 Å². The van der Waals surface area contributed by atoms with Gasteiger partial charge in [0.05, 0.1) is 16.2 Å². The summed E-state index contributed by atoms with van der Waals surface area (Å²) in [5, 5.41) is 22.7. The number of alkyl halides is 3. The zero-order chi connectivity index (χ0) is 18.4. The van der Waals surface area contributed by atoms with Gasteiger partial charge in [-0.1, -0.05) is 6.07 Å². The van der Waals surface area contributed by atoms with Gasteiger partial charge in [0, 0.05) is 30.9 Å². The van der Waals surface area contributed by atoms with Gasteiger partial charge >= 0.3 is 6.18 Å². The molecule has 2 rings (SSSR count). The maximum Gasteiger partial charge on any atom is 0.422 e. The standard InChI is InChI=1S/C15H11F3N4O3/c16-15(17,18)9-25-14-4-1-10(8-21-14)7-20-13-3-2-12(22(23)24)5-11(13)6-19/h1-5,8,20H,7,9H2. The summed E-state index contributed by atoms with van der Waals surface area (Å²) in [6, 6.07) is 8.48. The first-order chi connectivity index (χ1) is 11.8. The molecule has 0 amide bonds. The molecule has 0 aliphatic heterocycles. The Balaban J connectivity index is 2.00. The lowest BCUT2D eigenvalue weighted by molar-refractivity contribution is -0.384. The molecule has 0 aliphatic rings. The molecule has 2 aromatic rings. The molecule has 0 radical (unpaired) electrons. The minimum atomic E-state index is -4.44. The number of rotatable bonds is 6. The third kappa shape index (κ3) is 5.35. The Hall–Kier alpha value is -3.35. The average molecular weight is 352 g/mol. The minimum absolute atomic E-state index is 0.104. The number of halogens is 3. The van der Waals surface area contributed by atoms with Crippen LogP contribution < -0.4 is 10.1 Å². The maximum absolute atomic E-state index is 12.0. The second-order valence-corrected chi connectivity index (χ2v) is 4.86. The van der Waals surface area contributed by atoms with Crippen LogP contribution >= 0.6 is 0 Å². The van der Waals surface area contributed by atoms with E-state index in [0.29, 0.717) is 11.3 Å². The van der Waals surface area contributed by atoms with Crippen LogP contribution in [0.3, 0.4) is 0 Å². The van der Waals surface area contributed by atoms with E-state index in [-0.39, 0.29) is 23.7 Å². The number of anilines is 1. The third-order valence-corrected chi connectivity index (χ3v) is 3.00. The van der Waals surface area contributed by atoms with Crippen LogP contribution in [-0.2, 0) is 6.54 Å². The molecule has 1 aromatic heterocycles. The van der Waals surface area contributed by atoms with E-state index in [1.807, 2.05) is 6.07 Å². The molecule has 7 nitrogen and oxygen atoms in total. The Kier molecular flexibility index (Phi) is 5.38. The van der Waals surface area contributed by atoms with Crippen molar-refractivity contribution in [2.24, 2.45) is 0 Å². The van der Waals surface area contributed by atoms with Crippen molar-refractivity contribution in [3.05, 3.63) is 57.8 Å². The molecule has 0 spiro atoms. The molecular weight excluding hydrogens is 341 g/mol. The van der Waals surface area contributed by atoms with Gasteiger partial charge in [-0.25, -0.2) is 4.98 Å². The molecule has 0 aliphatic carbocycles. The van der Waals surface area contributed by atoms with Gasteiger partial charge < -0.3 is 10.1 Å². The number of nitro groups is 1. The van der Waals surface area contributed by atoms with Crippen LogP contribution in [0.1, 0.15) is 11.1 Å². The van der Waals surface area contributed by atoms with E-state index in [0.717, 1.165) is 6.07 Å². The van der Waals surface area contributed by atoms with Crippen molar-refractivity contribution in [1.29, 1.82) is 5.26 Å². The summed E-state index contributed by atoms with van der Waals surface area (Å²) in [6.07, 6.45) is -3.11. The van der Waals surface area contributed by atoms with E-state index < -0.39 is 17.7 Å². The highest BCUT2D eigenvalue weighted by molar-refractivity contribution is 5.61. The highest BCUT2D eigenvalue weighted by Gasteiger charge is 2.28.